The topological polar surface area (TPSA) is 50.1 Å². The molecule has 0 fully saturated rings. The Morgan fingerprint density at radius 3 is 2.41 bits per heavy atom. The van der Waals surface area contributed by atoms with Gasteiger partial charge in [-0.2, -0.15) is 5.26 Å². The largest absolute Gasteiger partial charge is 0.461 e. The Morgan fingerprint density at radius 2 is 1.91 bits per heavy atom. The summed E-state index contributed by atoms with van der Waals surface area (Å²) in [5.74, 6) is -0.113. The summed E-state index contributed by atoms with van der Waals surface area (Å²) in [7, 11) is 0. The van der Waals surface area contributed by atoms with Gasteiger partial charge in [0, 0.05) is 12.5 Å². The van der Waals surface area contributed by atoms with Crippen molar-refractivity contribution in [1.82, 2.24) is 0 Å². The van der Waals surface area contributed by atoms with Crippen LogP contribution >= 0.6 is 0 Å². The average Bonchev–Trinajstić information content (AvgIpc) is 2.46. The van der Waals surface area contributed by atoms with Crippen LogP contribution in [0.5, 0.6) is 0 Å². The van der Waals surface area contributed by atoms with E-state index in [1.54, 1.807) is 12.2 Å². The number of carbonyl (C=O) groups excluding carboxylic acids is 1. The summed E-state index contributed by atoms with van der Waals surface area (Å²) >= 11 is 0. The molecule has 0 bridgehead atoms. The third kappa shape index (κ3) is 20.5. The van der Waals surface area contributed by atoms with E-state index in [1.807, 2.05) is 13.0 Å². The highest BCUT2D eigenvalue weighted by Gasteiger charge is 1.99. The lowest BCUT2D eigenvalue weighted by Gasteiger charge is -1.99. The van der Waals surface area contributed by atoms with Crippen molar-refractivity contribution in [2.45, 2.75) is 66.2 Å². The lowest BCUT2D eigenvalue weighted by molar-refractivity contribution is -0.142. The first-order chi connectivity index (χ1) is 10.5. The monoisotopic (exact) mass is 305 g/mol. The molecule has 0 atom stereocenters. The highest BCUT2D eigenvalue weighted by Crippen LogP contribution is 2.05. The van der Waals surface area contributed by atoms with Gasteiger partial charge in [0.15, 0.2) is 0 Å². The number of hydrogen-bond acceptors (Lipinski definition) is 3. The van der Waals surface area contributed by atoms with E-state index in [1.165, 1.54) is 5.57 Å². The molecule has 0 spiro atoms. The Morgan fingerprint density at radius 1 is 1.23 bits per heavy atom. The van der Waals surface area contributed by atoms with Crippen molar-refractivity contribution in [3.05, 3.63) is 36.0 Å². The summed E-state index contributed by atoms with van der Waals surface area (Å²) in [5, 5.41) is 8.30. The molecule has 0 heterocycles. The Balaban J connectivity index is 0. The number of carbonyl (C=O) groups is 1. The number of esters is 1. The van der Waals surface area contributed by atoms with Gasteiger partial charge in [-0.05, 0) is 40.0 Å². The third-order valence-corrected chi connectivity index (χ3v) is 2.75. The van der Waals surface area contributed by atoms with E-state index in [0.717, 1.165) is 37.7 Å². The molecule has 3 nitrogen and oxygen atoms in total. The van der Waals surface area contributed by atoms with Gasteiger partial charge in [-0.25, -0.2) is 0 Å². The van der Waals surface area contributed by atoms with Crippen LogP contribution < -0.4 is 0 Å². The molecule has 22 heavy (non-hydrogen) atoms. The molecule has 0 aromatic carbocycles. The normalized spacial score (nSPS) is 9.86. The molecule has 0 radical (unpaired) electrons. The van der Waals surface area contributed by atoms with Crippen LogP contribution in [0.3, 0.4) is 0 Å². The number of hydrogen-bond donors (Lipinski definition) is 0. The zero-order valence-electron chi connectivity index (χ0n) is 14.7. The molecule has 0 N–H and O–H groups in total. The fourth-order valence-electron chi connectivity index (χ4n) is 1.51. The van der Waals surface area contributed by atoms with Gasteiger partial charge in [0.25, 0.3) is 0 Å². The summed E-state index contributed by atoms with van der Waals surface area (Å²) in [6.07, 6.45) is 11.1. The molecule has 0 aliphatic carbocycles. The van der Waals surface area contributed by atoms with Gasteiger partial charge >= 0.3 is 5.97 Å². The maximum Gasteiger partial charge on any atom is 0.306 e. The summed E-state index contributed by atoms with van der Waals surface area (Å²) in [6.45, 7) is 12.1. The molecular weight excluding hydrogens is 274 g/mol. The molecule has 0 saturated carbocycles. The molecule has 124 valence electrons. The van der Waals surface area contributed by atoms with E-state index in [4.69, 9.17) is 10.00 Å². The van der Waals surface area contributed by atoms with E-state index in [-0.39, 0.29) is 5.97 Å². The quantitative estimate of drug-likeness (QED) is 0.245. The Kier molecular flexibility index (Phi) is 17.6. The van der Waals surface area contributed by atoms with Crippen molar-refractivity contribution in [2.24, 2.45) is 0 Å². The second kappa shape index (κ2) is 17.2. The molecule has 3 heteroatoms. The first-order valence-electron chi connectivity index (χ1n) is 7.93. The van der Waals surface area contributed by atoms with Crippen LogP contribution in [0.15, 0.2) is 36.0 Å². The van der Waals surface area contributed by atoms with E-state index in [2.05, 4.69) is 33.4 Å². The van der Waals surface area contributed by atoms with Crippen LogP contribution in [0.25, 0.3) is 0 Å². The lowest BCUT2D eigenvalue weighted by atomic mass is 10.1. The minimum atomic E-state index is -0.113. The van der Waals surface area contributed by atoms with Gasteiger partial charge in [-0.15, -0.1) is 0 Å². The van der Waals surface area contributed by atoms with Gasteiger partial charge < -0.3 is 4.74 Å². The van der Waals surface area contributed by atoms with Crippen molar-refractivity contribution in [2.75, 3.05) is 6.61 Å². The maximum absolute atomic E-state index is 10.8. The second-order valence-electron chi connectivity index (χ2n) is 5.37. The summed E-state index contributed by atoms with van der Waals surface area (Å²) < 4.78 is 4.78. The molecule has 0 unspecified atom stereocenters. The van der Waals surface area contributed by atoms with E-state index < -0.39 is 0 Å². The summed E-state index contributed by atoms with van der Waals surface area (Å²) in [5.41, 5.74) is 2.50. The molecule has 0 aromatic rings. The minimum absolute atomic E-state index is 0.113. The number of ether oxygens (including phenoxy) is 1. The molecule has 0 rings (SSSR count). The minimum Gasteiger partial charge on any atom is -0.461 e. The van der Waals surface area contributed by atoms with Gasteiger partial charge in [-0.1, -0.05) is 49.6 Å². The molecule has 0 amide bonds. The van der Waals surface area contributed by atoms with Crippen LogP contribution in [-0.4, -0.2) is 12.6 Å². The van der Waals surface area contributed by atoms with Crippen molar-refractivity contribution < 1.29 is 9.53 Å². The lowest BCUT2D eigenvalue weighted by Crippen LogP contribution is -2.03. The second-order valence-corrected chi connectivity index (χ2v) is 5.37. The highest BCUT2D eigenvalue weighted by atomic mass is 16.5. The summed E-state index contributed by atoms with van der Waals surface area (Å²) in [4.78, 5) is 10.8. The number of rotatable bonds is 9. The van der Waals surface area contributed by atoms with E-state index in [9.17, 15) is 4.79 Å². The van der Waals surface area contributed by atoms with Gasteiger partial charge in [0.05, 0.1) is 6.07 Å². The fourth-order valence-corrected chi connectivity index (χ4v) is 1.51. The van der Waals surface area contributed by atoms with Gasteiger partial charge in [0.1, 0.15) is 6.61 Å². The van der Waals surface area contributed by atoms with Crippen LogP contribution in [0, 0.1) is 11.3 Å². The molecular formula is C19H31NO2. The first kappa shape index (κ1) is 22.5. The Hall–Kier alpha value is -1.82. The van der Waals surface area contributed by atoms with Crippen LogP contribution in [0.4, 0.5) is 0 Å². The van der Waals surface area contributed by atoms with E-state index >= 15 is 0 Å². The number of unbranched alkanes of at least 4 members (excludes halogenated alkanes) is 2. The predicted molar refractivity (Wildman–Crippen MR) is 93.3 cm³/mol. The summed E-state index contributed by atoms with van der Waals surface area (Å²) in [6, 6.07) is 2.02. The highest BCUT2D eigenvalue weighted by molar-refractivity contribution is 5.69. The first-order valence-corrected chi connectivity index (χ1v) is 7.93. The third-order valence-electron chi connectivity index (χ3n) is 2.75. The predicted octanol–water partition coefficient (Wildman–Crippen LogP) is 5.50. The van der Waals surface area contributed by atoms with Gasteiger partial charge in [0.2, 0.25) is 0 Å². The van der Waals surface area contributed by atoms with Crippen LogP contribution in [0.2, 0.25) is 0 Å². The fraction of sp³-hybridized carbons (Fsp3) is 0.579. The van der Waals surface area contributed by atoms with Crippen molar-refractivity contribution >= 4 is 5.97 Å². The zero-order chi connectivity index (χ0) is 17.2. The number of nitrogens with zero attached hydrogens (tertiary/aromatic N) is 1. The van der Waals surface area contributed by atoms with Crippen LogP contribution in [-0.2, 0) is 9.53 Å². The van der Waals surface area contributed by atoms with Crippen molar-refractivity contribution in [3.63, 3.8) is 0 Å². The molecule has 0 saturated heterocycles. The van der Waals surface area contributed by atoms with Gasteiger partial charge in [-0.3, -0.25) is 4.79 Å². The van der Waals surface area contributed by atoms with E-state index in [0.29, 0.717) is 13.0 Å². The number of allylic oxidation sites excluding steroid dienone is 4. The molecule has 0 aliphatic heterocycles. The van der Waals surface area contributed by atoms with Crippen molar-refractivity contribution in [3.8, 4) is 6.07 Å². The number of nitriles is 1. The standard InChI is InChI=1S/C10H15N.C9H16O2/c1-9(2)5-4-6-10(3)7-8-11;1-3-5-6-7-9(10)11-8-4-2/h5,7H,4,6H2,1-3H3;4H,2-3,5-8H2,1H3/b10-7+;. The maximum atomic E-state index is 10.8. The smallest absolute Gasteiger partial charge is 0.306 e. The zero-order valence-corrected chi connectivity index (χ0v) is 14.7. The Bertz CT molecular complexity index is 396. The molecule has 0 aromatic heterocycles. The van der Waals surface area contributed by atoms with Crippen molar-refractivity contribution in [1.29, 1.82) is 5.26 Å². The molecule has 0 aliphatic rings. The Labute approximate surface area is 136 Å². The van der Waals surface area contributed by atoms with Crippen LogP contribution in [0.1, 0.15) is 66.2 Å². The SMILES string of the molecule is C=CCOC(=O)CCCCC.CC(C)=CCC/C(C)=C/C#N. The average molecular weight is 305 g/mol.